The van der Waals surface area contributed by atoms with Gasteiger partial charge in [-0.05, 0) is 64.5 Å². The summed E-state index contributed by atoms with van der Waals surface area (Å²) in [6, 6.07) is 4.74. The van der Waals surface area contributed by atoms with Crippen LogP contribution in [0.5, 0.6) is 0 Å². The van der Waals surface area contributed by atoms with E-state index in [-0.39, 0.29) is 0 Å². The molecular weight excluding hydrogens is 210 g/mol. The average molecular weight is 233 g/mol. The summed E-state index contributed by atoms with van der Waals surface area (Å²) < 4.78 is 0. The second-order valence-corrected chi connectivity index (χ2v) is 5.10. The minimum absolute atomic E-state index is 0.474. The van der Waals surface area contributed by atoms with Crippen molar-refractivity contribution < 1.29 is 0 Å². The van der Waals surface area contributed by atoms with Crippen molar-refractivity contribution >= 4 is 0 Å². The lowest BCUT2D eigenvalue weighted by atomic mass is 9.92. The highest BCUT2D eigenvalue weighted by Gasteiger charge is 2.20. The largest absolute Gasteiger partial charge is 0.309 e. The molecule has 3 heteroatoms. The summed E-state index contributed by atoms with van der Waals surface area (Å²) in [7, 11) is 4.24. The standard InChI is InChI=1S/C14H23N3/c1-17(2)11-5-10-15-13-8-3-6-12-7-4-9-16-14(12)13/h4,7,9,13,15H,3,5-6,8,10-11H2,1-2H3. The molecule has 1 atom stereocenters. The molecule has 94 valence electrons. The van der Waals surface area contributed by atoms with Crippen LogP contribution in [0.4, 0.5) is 0 Å². The third-order valence-electron chi connectivity index (χ3n) is 3.37. The second kappa shape index (κ2) is 6.12. The second-order valence-electron chi connectivity index (χ2n) is 5.10. The van der Waals surface area contributed by atoms with Crippen LogP contribution in [0.3, 0.4) is 0 Å². The van der Waals surface area contributed by atoms with Gasteiger partial charge in [0, 0.05) is 12.2 Å². The van der Waals surface area contributed by atoms with E-state index >= 15 is 0 Å². The van der Waals surface area contributed by atoms with Gasteiger partial charge in [0.1, 0.15) is 0 Å². The van der Waals surface area contributed by atoms with Crippen LogP contribution in [-0.4, -0.2) is 37.1 Å². The number of fused-ring (bicyclic) bond motifs is 1. The smallest absolute Gasteiger partial charge is 0.0605 e. The van der Waals surface area contributed by atoms with E-state index in [1.165, 1.54) is 36.9 Å². The molecule has 0 aliphatic heterocycles. The molecule has 1 aromatic heterocycles. The number of nitrogens with one attached hydrogen (secondary N) is 1. The molecular formula is C14H23N3. The lowest BCUT2D eigenvalue weighted by Gasteiger charge is -2.25. The van der Waals surface area contributed by atoms with E-state index in [0.717, 1.165) is 13.1 Å². The molecule has 0 amide bonds. The molecule has 17 heavy (non-hydrogen) atoms. The maximum Gasteiger partial charge on any atom is 0.0605 e. The van der Waals surface area contributed by atoms with Crippen molar-refractivity contribution in [3.05, 3.63) is 29.6 Å². The quantitative estimate of drug-likeness (QED) is 0.788. The van der Waals surface area contributed by atoms with Crippen molar-refractivity contribution in [1.82, 2.24) is 15.2 Å². The lowest BCUT2D eigenvalue weighted by Crippen LogP contribution is -2.28. The van der Waals surface area contributed by atoms with Gasteiger partial charge in [-0.15, -0.1) is 0 Å². The number of pyridine rings is 1. The summed E-state index contributed by atoms with van der Waals surface area (Å²) in [5.41, 5.74) is 2.72. The molecule has 1 unspecified atom stereocenters. The van der Waals surface area contributed by atoms with Crippen molar-refractivity contribution in [2.75, 3.05) is 27.2 Å². The zero-order valence-electron chi connectivity index (χ0n) is 10.9. The van der Waals surface area contributed by atoms with Gasteiger partial charge in [0.2, 0.25) is 0 Å². The first-order valence-electron chi connectivity index (χ1n) is 6.59. The Balaban J connectivity index is 1.86. The van der Waals surface area contributed by atoms with Gasteiger partial charge in [-0.2, -0.15) is 0 Å². The monoisotopic (exact) mass is 233 g/mol. The number of aryl methyl sites for hydroxylation is 1. The van der Waals surface area contributed by atoms with Gasteiger partial charge in [-0.3, -0.25) is 4.98 Å². The summed E-state index contributed by atoms with van der Waals surface area (Å²) in [5, 5.41) is 3.64. The van der Waals surface area contributed by atoms with Gasteiger partial charge < -0.3 is 10.2 Å². The number of aromatic nitrogens is 1. The fraction of sp³-hybridized carbons (Fsp3) is 0.643. The van der Waals surface area contributed by atoms with Crippen LogP contribution in [0.1, 0.15) is 36.6 Å². The van der Waals surface area contributed by atoms with Gasteiger partial charge in [-0.25, -0.2) is 0 Å². The molecule has 1 aliphatic rings. The summed E-state index contributed by atoms with van der Waals surface area (Å²) in [4.78, 5) is 6.77. The van der Waals surface area contributed by atoms with E-state index in [1.807, 2.05) is 12.3 Å². The third-order valence-corrected chi connectivity index (χ3v) is 3.37. The van der Waals surface area contributed by atoms with Gasteiger partial charge >= 0.3 is 0 Å². The van der Waals surface area contributed by atoms with Crippen molar-refractivity contribution in [1.29, 1.82) is 0 Å². The minimum Gasteiger partial charge on any atom is -0.309 e. The molecule has 0 spiro atoms. The SMILES string of the molecule is CN(C)CCCNC1CCCc2cccnc21. The van der Waals surface area contributed by atoms with Crippen LogP contribution in [0.2, 0.25) is 0 Å². The Labute approximate surface area is 104 Å². The third kappa shape index (κ3) is 3.51. The van der Waals surface area contributed by atoms with Gasteiger partial charge in [0.05, 0.1) is 5.69 Å². The van der Waals surface area contributed by atoms with Crippen LogP contribution < -0.4 is 5.32 Å². The number of hydrogen-bond acceptors (Lipinski definition) is 3. The zero-order chi connectivity index (χ0) is 12.1. The van der Waals surface area contributed by atoms with E-state index in [4.69, 9.17) is 0 Å². The fourth-order valence-corrected chi connectivity index (χ4v) is 2.48. The van der Waals surface area contributed by atoms with E-state index in [9.17, 15) is 0 Å². The number of nitrogens with zero attached hydrogens (tertiary/aromatic N) is 2. The molecule has 0 aromatic carbocycles. The van der Waals surface area contributed by atoms with Crippen molar-refractivity contribution in [3.8, 4) is 0 Å². The van der Waals surface area contributed by atoms with Gasteiger partial charge in [0.15, 0.2) is 0 Å². The molecule has 1 heterocycles. The molecule has 0 radical (unpaired) electrons. The van der Waals surface area contributed by atoms with Crippen LogP contribution >= 0.6 is 0 Å². The van der Waals surface area contributed by atoms with E-state index in [0.29, 0.717) is 6.04 Å². The maximum atomic E-state index is 4.54. The molecule has 2 rings (SSSR count). The first-order valence-corrected chi connectivity index (χ1v) is 6.59. The first-order chi connectivity index (χ1) is 8.27. The highest BCUT2D eigenvalue weighted by Crippen LogP contribution is 2.27. The molecule has 0 saturated carbocycles. The Morgan fingerprint density at radius 2 is 2.35 bits per heavy atom. The highest BCUT2D eigenvalue weighted by atomic mass is 15.1. The maximum absolute atomic E-state index is 4.54. The van der Waals surface area contributed by atoms with Crippen LogP contribution in [0, 0.1) is 0 Å². The summed E-state index contributed by atoms with van der Waals surface area (Å²) in [6.45, 7) is 2.23. The molecule has 1 aromatic rings. The average Bonchev–Trinajstić information content (AvgIpc) is 2.34. The van der Waals surface area contributed by atoms with Crippen molar-refractivity contribution in [2.45, 2.75) is 31.7 Å². The number of hydrogen-bond donors (Lipinski definition) is 1. The number of rotatable bonds is 5. The Morgan fingerprint density at radius 1 is 1.47 bits per heavy atom. The Morgan fingerprint density at radius 3 is 3.18 bits per heavy atom. The lowest BCUT2D eigenvalue weighted by molar-refractivity contribution is 0.376. The van der Waals surface area contributed by atoms with E-state index in [2.05, 4.69) is 35.4 Å². The van der Waals surface area contributed by atoms with Gasteiger partial charge in [-0.1, -0.05) is 6.07 Å². The topological polar surface area (TPSA) is 28.2 Å². The predicted octanol–water partition coefficient (Wildman–Crippen LogP) is 2.00. The van der Waals surface area contributed by atoms with Crippen LogP contribution in [0.15, 0.2) is 18.3 Å². The minimum atomic E-state index is 0.474. The van der Waals surface area contributed by atoms with Crippen LogP contribution in [0.25, 0.3) is 0 Å². The Hall–Kier alpha value is -0.930. The predicted molar refractivity (Wildman–Crippen MR) is 71.1 cm³/mol. The molecule has 1 aliphatic carbocycles. The molecule has 0 saturated heterocycles. The van der Waals surface area contributed by atoms with Crippen molar-refractivity contribution in [2.24, 2.45) is 0 Å². The summed E-state index contributed by atoms with van der Waals surface area (Å²) >= 11 is 0. The van der Waals surface area contributed by atoms with Gasteiger partial charge in [0.25, 0.3) is 0 Å². The Kier molecular flexibility index (Phi) is 4.51. The van der Waals surface area contributed by atoms with Crippen molar-refractivity contribution in [3.63, 3.8) is 0 Å². The zero-order valence-corrected chi connectivity index (χ0v) is 10.9. The molecule has 0 fully saturated rings. The molecule has 1 N–H and O–H groups in total. The molecule has 3 nitrogen and oxygen atoms in total. The fourth-order valence-electron chi connectivity index (χ4n) is 2.48. The Bertz CT molecular complexity index is 349. The molecule has 0 bridgehead atoms. The summed E-state index contributed by atoms with van der Waals surface area (Å²) in [5.74, 6) is 0. The highest BCUT2D eigenvalue weighted by molar-refractivity contribution is 5.25. The van der Waals surface area contributed by atoms with E-state index < -0.39 is 0 Å². The first kappa shape index (κ1) is 12.5. The van der Waals surface area contributed by atoms with E-state index in [1.54, 1.807) is 0 Å². The van der Waals surface area contributed by atoms with Crippen LogP contribution in [-0.2, 0) is 6.42 Å². The summed E-state index contributed by atoms with van der Waals surface area (Å²) in [6.07, 6.45) is 6.82. The normalized spacial score (nSPS) is 19.4.